The maximum Gasteiger partial charge on any atom is 0.109 e. The summed E-state index contributed by atoms with van der Waals surface area (Å²) in [6, 6.07) is 0. The molecular weight excluding hydrogens is 164 g/mol. The molecule has 2 heterocycles. The Morgan fingerprint density at radius 2 is 2.54 bits per heavy atom. The van der Waals surface area contributed by atoms with Crippen LogP contribution >= 0.6 is 0 Å². The van der Waals surface area contributed by atoms with Crippen LogP contribution in [0.4, 0.5) is 0 Å². The summed E-state index contributed by atoms with van der Waals surface area (Å²) < 4.78 is 2.16. The predicted molar refractivity (Wildman–Crippen MR) is 50.3 cm³/mol. The molecule has 3 heteroatoms. The fraction of sp³-hybridized carbons (Fsp3) is 0.700. The van der Waals surface area contributed by atoms with Crippen molar-refractivity contribution in [3.05, 3.63) is 17.7 Å². The number of aliphatic hydroxyl groups excluding tert-OH is 1. The maximum atomic E-state index is 9.04. The zero-order chi connectivity index (χ0) is 9.26. The SMILES string of the molecule is CCC1CCn2c(CO)cnc2C1. The molecule has 0 radical (unpaired) electrons. The number of aliphatic hydroxyl groups is 1. The van der Waals surface area contributed by atoms with Gasteiger partial charge < -0.3 is 9.67 Å². The summed E-state index contributed by atoms with van der Waals surface area (Å²) in [5.74, 6) is 1.95. The van der Waals surface area contributed by atoms with Crippen LogP contribution in [0.5, 0.6) is 0 Å². The molecule has 13 heavy (non-hydrogen) atoms. The summed E-state index contributed by atoms with van der Waals surface area (Å²) in [6.07, 6.45) is 5.35. The molecule has 0 amide bonds. The smallest absolute Gasteiger partial charge is 0.109 e. The van der Waals surface area contributed by atoms with Gasteiger partial charge in [0.2, 0.25) is 0 Å². The van der Waals surface area contributed by atoms with Crippen molar-refractivity contribution < 1.29 is 5.11 Å². The molecule has 0 saturated carbocycles. The molecular formula is C10H16N2O. The summed E-state index contributed by atoms with van der Waals surface area (Å²) in [4.78, 5) is 4.33. The minimum Gasteiger partial charge on any atom is -0.390 e. The summed E-state index contributed by atoms with van der Waals surface area (Å²) in [6.45, 7) is 3.38. The molecule has 1 N–H and O–H groups in total. The second kappa shape index (κ2) is 3.50. The van der Waals surface area contributed by atoms with Crippen LogP contribution < -0.4 is 0 Å². The molecule has 1 aliphatic heterocycles. The van der Waals surface area contributed by atoms with Gasteiger partial charge >= 0.3 is 0 Å². The fourth-order valence-corrected chi connectivity index (χ4v) is 2.04. The molecule has 2 rings (SSSR count). The number of hydrogen-bond donors (Lipinski definition) is 1. The van der Waals surface area contributed by atoms with E-state index in [0.29, 0.717) is 0 Å². The molecule has 1 atom stereocenters. The van der Waals surface area contributed by atoms with E-state index >= 15 is 0 Å². The largest absolute Gasteiger partial charge is 0.390 e. The first kappa shape index (κ1) is 8.75. The standard InChI is InChI=1S/C10H16N2O/c1-2-8-3-4-12-9(7-13)6-11-10(12)5-8/h6,8,13H,2-5,7H2,1H3. The van der Waals surface area contributed by atoms with Crippen molar-refractivity contribution in [3.63, 3.8) is 0 Å². The van der Waals surface area contributed by atoms with Gasteiger partial charge in [0.25, 0.3) is 0 Å². The maximum absolute atomic E-state index is 9.04. The highest BCUT2D eigenvalue weighted by atomic mass is 16.3. The minimum absolute atomic E-state index is 0.115. The number of rotatable bonds is 2. The Kier molecular flexibility index (Phi) is 2.36. The summed E-state index contributed by atoms with van der Waals surface area (Å²) in [7, 11) is 0. The average Bonchev–Trinajstić information content (AvgIpc) is 2.59. The molecule has 0 bridgehead atoms. The first-order valence-electron chi connectivity index (χ1n) is 4.99. The molecule has 1 unspecified atom stereocenters. The van der Waals surface area contributed by atoms with Crippen molar-refractivity contribution >= 4 is 0 Å². The molecule has 0 aromatic carbocycles. The summed E-state index contributed by atoms with van der Waals surface area (Å²) in [5.41, 5.74) is 0.963. The lowest BCUT2D eigenvalue weighted by atomic mass is 9.95. The van der Waals surface area contributed by atoms with E-state index in [1.165, 1.54) is 12.8 Å². The topological polar surface area (TPSA) is 38.0 Å². The molecule has 3 nitrogen and oxygen atoms in total. The number of nitrogens with zero attached hydrogens (tertiary/aromatic N) is 2. The van der Waals surface area contributed by atoms with Gasteiger partial charge in [-0.3, -0.25) is 0 Å². The molecule has 1 aliphatic rings. The Morgan fingerprint density at radius 3 is 3.23 bits per heavy atom. The molecule has 0 fully saturated rings. The van der Waals surface area contributed by atoms with Gasteiger partial charge in [-0.15, -0.1) is 0 Å². The van der Waals surface area contributed by atoms with E-state index in [1.54, 1.807) is 6.20 Å². The lowest BCUT2D eigenvalue weighted by Gasteiger charge is -2.23. The van der Waals surface area contributed by atoms with E-state index in [9.17, 15) is 0 Å². The van der Waals surface area contributed by atoms with Gasteiger partial charge in [-0.2, -0.15) is 0 Å². The first-order chi connectivity index (χ1) is 6.35. The van der Waals surface area contributed by atoms with Gasteiger partial charge in [0, 0.05) is 13.0 Å². The Hall–Kier alpha value is -0.830. The van der Waals surface area contributed by atoms with Crippen molar-refractivity contribution in [3.8, 4) is 0 Å². The zero-order valence-corrected chi connectivity index (χ0v) is 8.03. The number of hydrogen-bond acceptors (Lipinski definition) is 2. The third-order valence-corrected chi connectivity index (χ3v) is 2.99. The van der Waals surface area contributed by atoms with Crippen LogP contribution in [0.2, 0.25) is 0 Å². The molecule has 72 valence electrons. The normalized spacial score (nSPS) is 21.5. The number of aromatic nitrogens is 2. The quantitative estimate of drug-likeness (QED) is 0.746. The highest BCUT2D eigenvalue weighted by Gasteiger charge is 2.19. The zero-order valence-electron chi connectivity index (χ0n) is 8.03. The van der Waals surface area contributed by atoms with Crippen LogP contribution in [0, 0.1) is 5.92 Å². The van der Waals surface area contributed by atoms with Crippen molar-refractivity contribution in [2.75, 3.05) is 0 Å². The second-order valence-electron chi connectivity index (χ2n) is 3.74. The predicted octanol–water partition coefficient (Wildman–Crippen LogP) is 1.35. The van der Waals surface area contributed by atoms with Crippen LogP contribution in [0.25, 0.3) is 0 Å². The van der Waals surface area contributed by atoms with Crippen LogP contribution in [-0.2, 0) is 19.6 Å². The Bertz CT molecular complexity index is 293. The van der Waals surface area contributed by atoms with E-state index in [1.807, 2.05) is 0 Å². The Labute approximate surface area is 78.4 Å². The minimum atomic E-state index is 0.115. The van der Waals surface area contributed by atoms with Gasteiger partial charge in [0.1, 0.15) is 5.82 Å². The third kappa shape index (κ3) is 1.48. The molecule has 1 aromatic heterocycles. The van der Waals surface area contributed by atoms with Crippen LogP contribution in [0.3, 0.4) is 0 Å². The number of fused-ring (bicyclic) bond motifs is 1. The lowest BCUT2D eigenvalue weighted by Crippen LogP contribution is -2.20. The van der Waals surface area contributed by atoms with E-state index in [4.69, 9.17) is 5.11 Å². The van der Waals surface area contributed by atoms with Gasteiger partial charge in [-0.05, 0) is 12.3 Å². The second-order valence-corrected chi connectivity index (χ2v) is 3.74. The highest BCUT2D eigenvalue weighted by molar-refractivity contribution is 5.07. The average molecular weight is 180 g/mol. The summed E-state index contributed by atoms with van der Waals surface area (Å²) in [5, 5.41) is 9.04. The van der Waals surface area contributed by atoms with E-state index in [0.717, 1.165) is 30.4 Å². The molecule has 0 saturated heterocycles. The van der Waals surface area contributed by atoms with Gasteiger partial charge in [0.05, 0.1) is 18.5 Å². The highest BCUT2D eigenvalue weighted by Crippen LogP contribution is 2.23. The molecule has 1 aromatic rings. The third-order valence-electron chi connectivity index (χ3n) is 2.99. The Morgan fingerprint density at radius 1 is 1.69 bits per heavy atom. The van der Waals surface area contributed by atoms with Crippen LogP contribution in [0.1, 0.15) is 31.3 Å². The van der Waals surface area contributed by atoms with E-state index in [2.05, 4.69) is 16.5 Å². The van der Waals surface area contributed by atoms with E-state index < -0.39 is 0 Å². The number of imidazole rings is 1. The van der Waals surface area contributed by atoms with Crippen molar-refractivity contribution in [2.45, 2.75) is 39.3 Å². The summed E-state index contributed by atoms with van der Waals surface area (Å²) >= 11 is 0. The first-order valence-corrected chi connectivity index (χ1v) is 4.99. The lowest BCUT2D eigenvalue weighted by molar-refractivity contribution is 0.263. The fourth-order valence-electron chi connectivity index (χ4n) is 2.04. The van der Waals surface area contributed by atoms with Crippen molar-refractivity contribution in [1.29, 1.82) is 0 Å². The van der Waals surface area contributed by atoms with Gasteiger partial charge in [-0.25, -0.2) is 4.98 Å². The van der Waals surface area contributed by atoms with Crippen LogP contribution in [-0.4, -0.2) is 14.7 Å². The monoisotopic (exact) mass is 180 g/mol. The van der Waals surface area contributed by atoms with Crippen LogP contribution in [0.15, 0.2) is 6.20 Å². The Balaban J connectivity index is 2.22. The van der Waals surface area contributed by atoms with E-state index in [-0.39, 0.29) is 6.61 Å². The molecule has 0 spiro atoms. The van der Waals surface area contributed by atoms with Gasteiger partial charge in [0.15, 0.2) is 0 Å². The van der Waals surface area contributed by atoms with Crippen molar-refractivity contribution in [2.24, 2.45) is 5.92 Å². The van der Waals surface area contributed by atoms with Gasteiger partial charge in [-0.1, -0.05) is 13.3 Å². The van der Waals surface area contributed by atoms with Crippen molar-refractivity contribution in [1.82, 2.24) is 9.55 Å². The molecule has 0 aliphatic carbocycles.